The van der Waals surface area contributed by atoms with Gasteiger partial charge < -0.3 is 15.1 Å². The number of nitrogens with one attached hydrogen (secondary N) is 1. The summed E-state index contributed by atoms with van der Waals surface area (Å²) in [5.41, 5.74) is 2.09. The number of nitrogens with zero attached hydrogens (tertiary/aromatic N) is 5. The van der Waals surface area contributed by atoms with Crippen molar-refractivity contribution in [1.82, 2.24) is 19.9 Å². The molecule has 0 spiro atoms. The van der Waals surface area contributed by atoms with Crippen molar-refractivity contribution in [3.63, 3.8) is 0 Å². The number of hydrogen-bond donors (Lipinski definition) is 1. The van der Waals surface area contributed by atoms with Gasteiger partial charge in [0, 0.05) is 43.2 Å². The van der Waals surface area contributed by atoms with E-state index in [-0.39, 0.29) is 0 Å². The molecule has 0 atom stereocenters. The van der Waals surface area contributed by atoms with E-state index < -0.39 is 0 Å². The van der Waals surface area contributed by atoms with Crippen LogP contribution in [0.1, 0.15) is 5.82 Å². The van der Waals surface area contributed by atoms with E-state index >= 15 is 0 Å². The minimum absolute atomic E-state index is 0.767. The molecule has 1 aliphatic heterocycles. The highest BCUT2D eigenvalue weighted by Crippen LogP contribution is 2.27. The number of thiazole rings is 1. The molecule has 26 heavy (non-hydrogen) atoms. The first-order valence-electron chi connectivity index (χ1n) is 8.74. The van der Waals surface area contributed by atoms with Crippen LogP contribution in [0.2, 0.25) is 0 Å². The number of aromatic nitrogens is 3. The smallest absolute Gasteiger partial charge is 0.188 e. The van der Waals surface area contributed by atoms with Gasteiger partial charge in [-0.25, -0.2) is 15.0 Å². The Hall–Kier alpha value is -2.51. The standard InChI is InChI=1S/C19H22N6S/c1-14-20-17(12-18(21-14)25-10-8-24(2)9-11-25)23-19-22-16(13-26-19)15-6-4-3-5-7-15/h3-7,12-13H,8-11H2,1-2H3,(H,20,21,22,23). The average molecular weight is 366 g/mol. The molecule has 0 unspecified atom stereocenters. The molecule has 0 radical (unpaired) electrons. The maximum Gasteiger partial charge on any atom is 0.188 e. The number of aryl methyl sites for hydroxylation is 1. The predicted octanol–water partition coefficient (Wildman–Crippen LogP) is 3.40. The fourth-order valence-corrected chi connectivity index (χ4v) is 3.72. The monoisotopic (exact) mass is 366 g/mol. The van der Waals surface area contributed by atoms with Gasteiger partial charge in [-0.3, -0.25) is 0 Å². The summed E-state index contributed by atoms with van der Waals surface area (Å²) in [6, 6.07) is 12.2. The summed E-state index contributed by atoms with van der Waals surface area (Å²) in [7, 11) is 2.16. The Morgan fingerprint density at radius 2 is 1.77 bits per heavy atom. The molecule has 3 heterocycles. The van der Waals surface area contributed by atoms with Gasteiger partial charge in [0.1, 0.15) is 17.5 Å². The molecule has 3 aromatic rings. The zero-order valence-electron chi connectivity index (χ0n) is 15.0. The summed E-state index contributed by atoms with van der Waals surface area (Å²) < 4.78 is 0. The Balaban J connectivity index is 1.52. The zero-order chi connectivity index (χ0) is 17.9. The molecule has 7 heteroatoms. The first-order valence-corrected chi connectivity index (χ1v) is 9.62. The maximum atomic E-state index is 4.68. The van der Waals surface area contributed by atoms with Crippen LogP contribution < -0.4 is 10.2 Å². The lowest BCUT2D eigenvalue weighted by Crippen LogP contribution is -2.44. The summed E-state index contributed by atoms with van der Waals surface area (Å²) in [5.74, 6) is 2.54. The van der Waals surface area contributed by atoms with Crippen LogP contribution in [0.5, 0.6) is 0 Å². The molecule has 1 saturated heterocycles. The average Bonchev–Trinajstić information content (AvgIpc) is 3.11. The molecule has 0 saturated carbocycles. The third-order valence-corrected chi connectivity index (χ3v) is 5.22. The second kappa shape index (κ2) is 7.39. The maximum absolute atomic E-state index is 4.68. The minimum atomic E-state index is 0.767. The molecule has 1 fully saturated rings. The number of benzene rings is 1. The number of piperazine rings is 1. The highest BCUT2D eigenvalue weighted by molar-refractivity contribution is 7.14. The fourth-order valence-electron chi connectivity index (χ4n) is 3.00. The topological polar surface area (TPSA) is 57.2 Å². The van der Waals surface area contributed by atoms with Crippen LogP contribution >= 0.6 is 11.3 Å². The van der Waals surface area contributed by atoms with Crippen molar-refractivity contribution in [2.75, 3.05) is 43.4 Å². The quantitative estimate of drug-likeness (QED) is 0.764. The van der Waals surface area contributed by atoms with Gasteiger partial charge in [-0.05, 0) is 14.0 Å². The van der Waals surface area contributed by atoms with E-state index in [1.807, 2.05) is 31.2 Å². The fraction of sp³-hybridized carbons (Fsp3) is 0.316. The lowest BCUT2D eigenvalue weighted by molar-refractivity contribution is 0.312. The lowest BCUT2D eigenvalue weighted by Gasteiger charge is -2.33. The zero-order valence-corrected chi connectivity index (χ0v) is 15.8. The van der Waals surface area contributed by atoms with Gasteiger partial charge in [-0.2, -0.15) is 0 Å². The molecule has 134 valence electrons. The molecule has 0 aliphatic carbocycles. The predicted molar refractivity (Wildman–Crippen MR) is 107 cm³/mol. The van der Waals surface area contributed by atoms with Crippen LogP contribution in [0.3, 0.4) is 0 Å². The second-order valence-corrected chi connectivity index (χ2v) is 7.34. The van der Waals surface area contributed by atoms with Crippen LogP contribution in [0.4, 0.5) is 16.8 Å². The van der Waals surface area contributed by atoms with Gasteiger partial charge in [0.05, 0.1) is 5.69 Å². The summed E-state index contributed by atoms with van der Waals surface area (Å²) in [5, 5.41) is 6.24. The third-order valence-electron chi connectivity index (χ3n) is 4.46. The summed E-state index contributed by atoms with van der Waals surface area (Å²) in [6.45, 7) is 6.02. The van der Waals surface area contributed by atoms with E-state index in [1.165, 1.54) is 0 Å². The summed E-state index contributed by atoms with van der Waals surface area (Å²) >= 11 is 1.58. The van der Waals surface area contributed by atoms with Crippen molar-refractivity contribution < 1.29 is 0 Å². The lowest BCUT2D eigenvalue weighted by atomic mass is 10.2. The molecule has 1 aliphatic rings. The van der Waals surface area contributed by atoms with Gasteiger partial charge in [0.2, 0.25) is 0 Å². The van der Waals surface area contributed by atoms with Gasteiger partial charge in [-0.15, -0.1) is 11.3 Å². The minimum Gasteiger partial charge on any atom is -0.354 e. The second-order valence-electron chi connectivity index (χ2n) is 6.48. The van der Waals surface area contributed by atoms with Gasteiger partial charge >= 0.3 is 0 Å². The van der Waals surface area contributed by atoms with Gasteiger partial charge in [0.25, 0.3) is 0 Å². The Morgan fingerprint density at radius 3 is 2.54 bits per heavy atom. The summed E-state index contributed by atoms with van der Waals surface area (Å²) in [6.07, 6.45) is 0. The molecule has 1 aromatic carbocycles. The Bertz CT molecular complexity index is 871. The van der Waals surface area contributed by atoms with E-state index in [1.54, 1.807) is 11.3 Å². The first-order chi connectivity index (χ1) is 12.7. The molecule has 0 bridgehead atoms. The van der Waals surface area contributed by atoms with Crippen LogP contribution in [0.15, 0.2) is 41.8 Å². The Morgan fingerprint density at radius 1 is 1.00 bits per heavy atom. The van der Waals surface area contributed by atoms with E-state index in [9.17, 15) is 0 Å². The molecule has 2 aromatic heterocycles. The number of likely N-dealkylation sites (N-methyl/N-ethyl adjacent to an activating group) is 1. The van der Waals surface area contributed by atoms with E-state index in [0.29, 0.717) is 0 Å². The SMILES string of the molecule is Cc1nc(Nc2nc(-c3ccccc3)cs2)cc(N2CCN(C)CC2)n1. The number of anilines is 3. The van der Waals surface area contributed by atoms with Crippen molar-refractivity contribution in [3.05, 3.63) is 47.6 Å². The van der Waals surface area contributed by atoms with Gasteiger partial charge in [0.15, 0.2) is 5.13 Å². The van der Waals surface area contributed by atoms with Crippen LogP contribution in [-0.4, -0.2) is 53.1 Å². The van der Waals surface area contributed by atoms with Crippen molar-refractivity contribution in [1.29, 1.82) is 0 Å². The largest absolute Gasteiger partial charge is 0.354 e. The van der Waals surface area contributed by atoms with Gasteiger partial charge in [-0.1, -0.05) is 30.3 Å². The normalized spacial score (nSPS) is 15.2. The van der Waals surface area contributed by atoms with E-state index in [0.717, 1.165) is 60.0 Å². The van der Waals surface area contributed by atoms with Crippen LogP contribution in [0.25, 0.3) is 11.3 Å². The van der Waals surface area contributed by atoms with E-state index in [4.69, 9.17) is 0 Å². The third kappa shape index (κ3) is 3.84. The first kappa shape index (κ1) is 16.9. The Labute approximate surface area is 157 Å². The number of hydrogen-bond acceptors (Lipinski definition) is 7. The summed E-state index contributed by atoms with van der Waals surface area (Å²) in [4.78, 5) is 18.5. The van der Waals surface area contributed by atoms with Crippen molar-refractivity contribution in [2.24, 2.45) is 0 Å². The van der Waals surface area contributed by atoms with Crippen molar-refractivity contribution in [2.45, 2.75) is 6.92 Å². The van der Waals surface area contributed by atoms with Crippen molar-refractivity contribution >= 4 is 28.1 Å². The van der Waals surface area contributed by atoms with Crippen molar-refractivity contribution in [3.8, 4) is 11.3 Å². The highest BCUT2D eigenvalue weighted by atomic mass is 32.1. The molecule has 0 amide bonds. The molecule has 4 rings (SSSR count). The molecular formula is C19H22N6S. The van der Waals surface area contributed by atoms with E-state index in [2.05, 4.69) is 54.6 Å². The molecular weight excluding hydrogens is 344 g/mol. The van der Waals surface area contributed by atoms with Crippen LogP contribution in [0, 0.1) is 6.92 Å². The molecule has 1 N–H and O–H groups in total. The van der Waals surface area contributed by atoms with Crippen LogP contribution in [-0.2, 0) is 0 Å². The molecule has 6 nitrogen and oxygen atoms in total. The Kier molecular flexibility index (Phi) is 4.81. The number of rotatable bonds is 4. The highest BCUT2D eigenvalue weighted by Gasteiger charge is 2.17.